The monoisotopic (exact) mass is 344 g/mol. The van der Waals surface area contributed by atoms with E-state index in [0.717, 1.165) is 28.0 Å². The average Bonchev–Trinajstić information content (AvgIpc) is 3.12. The second kappa shape index (κ2) is 6.84. The predicted octanol–water partition coefficient (Wildman–Crippen LogP) is 4.66. The van der Waals surface area contributed by atoms with Crippen LogP contribution in [0.1, 0.15) is 36.0 Å². The Morgan fingerprint density at radius 1 is 1.26 bits per heavy atom. The summed E-state index contributed by atoms with van der Waals surface area (Å²) in [6, 6.07) is 8.34. The van der Waals surface area contributed by atoms with Gasteiger partial charge in [0.2, 0.25) is 0 Å². The minimum Gasteiger partial charge on any atom is -0.305 e. The lowest BCUT2D eigenvalue weighted by atomic mass is 10.1. The van der Waals surface area contributed by atoms with Gasteiger partial charge in [0.15, 0.2) is 11.0 Å². The van der Waals surface area contributed by atoms with Crippen LogP contribution in [0, 0.1) is 6.92 Å². The summed E-state index contributed by atoms with van der Waals surface area (Å²) in [5.74, 6) is 2.21. The molecule has 120 valence electrons. The Labute approximate surface area is 145 Å². The van der Waals surface area contributed by atoms with E-state index in [9.17, 15) is 0 Å². The molecule has 0 fully saturated rings. The van der Waals surface area contributed by atoms with Crippen molar-refractivity contribution in [2.75, 3.05) is 0 Å². The maximum Gasteiger partial charge on any atom is 0.191 e. The molecule has 0 atom stereocenters. The van der Waals surface area contributed by atoms with Gasteiger partial charge in [-0.15, -0.1) is 21.5 Å². The second-order valence-corrected chi connectivity index (χ2v) is 7.69. The van der Waals surface area contributed by atoms with E-state index in [1.54, 1.807) is 23.1 Å². The summed E-state index contributed by atoms with van der Waals surface area (Å²) in [5, 5.41) is 12.9. The van der Waals surface area contributed by atoms with Crippen LogP contribution in [0.3, 0.4) is 0 Å². The Bertz CT molecular complexity index is 805. The van der Waals surface area contributed by atoms with Gasteiger partial charge < -0.3 is 4.57 Å². The summed E-state index contributed by atoms with van der Waals surface area (Å²) in [6.45, 7) is 6.43. The van der Waals surface area contributed by atoms with E-state index in [1.165, 1.54) is 10.6 Å². The van der Waals surface area contributed by atoms with Crippen molar-refractivity contribution in [2.45, 2.75) is 37.6 Å². The van der Waals surface area contributed by atoms with Crippen LogP contribution in [0.5, 0.6) is 0 Å². The van der Waals surface area contributed by atoms with Gasteiger partial charge in [0.05, 0.1) is 10.7 Å². The third kappa shape index (κ3) is 3.64. The van der Waals surface area contributed by atoms with E-state index in [1.807, 2.05) is 7.05 Å². The third-order valence-corrected chi connectivity index (χ3v) is 5.77. The highest BCUT2D eigenvalue weighted by Gasteiger charge is 2.12. The molecule has 0 aliphatic heterocycles. The van der Waals surface area contributed by atoms with Gasteiger partial charge in [-0.25, -0.2) is 4.98 Å². The third-order valence-electron chi connectivity index (χ3n) is 3.52. The first kappa shape index (κ1) is 16.2. The smallest absolute Gasteiger partial charge is 0.191 e. The molecule has 0 amide bonds. The van der Waals surface area contributed by atoms with E-state index in [0.29, 0.717) is 5.92 Å². The summed E-state index contributed by atoms with van der Waals surface area (Å²) < 4.78 is 2.05. The Kier molecular flexibility index (Phi) is 4.82. The van der Waals surface area contributed by atoms with E-state index in [4.69, 9.17) is 0 Å². The van der Waals surface area contributed by atoms with Crippen molar-refractivity contribution in [3.05, 3.63) is 45.9 Å². The molecule has 2 heterocycles. The standard InChI is InChI=1S/C17H20N4S2/c1-11(2)16-18-14(9-22-16)10-23-17-20-19-15(21(17)4)13-7-5-6-12(3)8-13/h5-9,11H,10H2,1-4H3. The van der Waals surface area contributed by atoms with Gasteiger partial charge in [0.1, 0.15) is 0 Å². The van der Waals surface area contributed by atoms with Crippen LogP contribution in [0.15, 0.2) is 34.8 Å². The van der Waals surface area contributed by atoms with E-state index in [2.05, 4.69) is 70.2 Å². The minimum absolute atomic E-state index is 0.488. The molecule has 0 spiro atoms. The molecule has 3 aromatic rings. The highest BCUT2D eigenvalue weighted by molar-refractivity contribution is 7.98. The second-order valence-electron chi connectivity index (χ2n) is 5.86. The molecule has 0 radical (unpaired) electrons. The topological polar surface area (TPSA) is 43.6 Å². The molecule has 3 rings (SSSR count). The zero-order chi connectivity index (χ0) is 16.4. The summed E-state index contributed by atoms with van der Waals surface area (Å²) in [7, 11) is 2.01. The molecule has 1 aromatic carbocycles. The molecule has 0 bridgehead atoms. The van der Waals surface area contributed by atoms with Crippen LogP contribution in [0.4, 0.5) is 0 Å². The Morgan fingerprint density at radius 2 is 2.09 bits per heavy atom. The van der Waals surface area contributed by atoms with Crippen molar-refractivity contribution in [1.82, 2.24) is 19.7 Å². The fraction of sp³-hybridized carbons (Fsp3) is 0.353. The normalized spacial score (nSPS) is 11.3. The lowest BCUT2D eigenvalue weighted by molar-refractivity contribution is 0.793. The van der Waals surface area contributed by atoms with Crippen LogP contribution in [0.25, 0.3) is 11.4 Å². The summed E-state index contributed by atoms with van der Waals surface area (Å²) in [4.78, 5) is 4.67. The van der Waals surface area contributed by atoms with Crippen molar-refractivity contribution in [3.8, 4) is 11.4 Å². The number of thiazole rings is 1. The van der Waals surface area contributed by atoms with E-state index in [-0.39, 0.29) is 0 Å². The number of benzene rings is 1. The molecule has 4 nitrogen and oxygen atoms in total. The van der Waals surface area contributed by atoms with Crippen LogP contribution < -0.4 is 0 Å². The van der Waals surface area contributed by atoms with Gasteiger partial charge in [-0.05, 0) is 13.0 Å². The number of rotatable bonds is 5. The molecule has 0 saturated carbocycles. The first-order chi connectivity index (χ1) is 11.0. The molecule has 0 N–H and O–H groups in total. The van der Waals surface area contributed by atoms with Crippen LogP contribution in [0.2, 0.25) is 0 Å². The number of aryl methyl sites for hydroxylation is 1. The molecular formula is C17H20N4S2. The largest absolute Gasteiger partial charge is 0.305 e. The lowest BCUT2D eigenvalue weighted by Gasteiger charge is -2.04. The fourth-order valence-corrected chi connectivity index (χ4v) is 4.01. The Balaban J connectivity index is 1.74. The van der Waals surface area contributed by atoms with Crippen molar-refractivity contribution in [2.24, 2.45) is 7.05 Å². The average molecular weight is 345 g/mol. The molecule has 0 saturated heterocycles. The van der Waals surface area contributed by atoms with Crippen molar-refractivity contribution in [3.63, 3.8) is 0 Å². The van der Waals surface area contributed by atoms with Crippen molar-refractivity contribution >= 4 is 23.1 Å². The molecule has 0 aliphatic carbocycles. The highest BCUT2D eigenvalue weighted by atomic mass is 32.2. The number of thioether (sulfide) groups is 1. The number of nitrogens with zero attached hydrogens (tertiary/aromatic N) is 4. The molecular weight excluding hydrogens is 324 g/mol. The Hall–Kier alpha value is -1.66. The summed E-state index contributed by atoms with van der Waals surface area (Å²) in [5.41, 5.74) is 3.44. The predicted molar refractivity (Wildman–Crippen MR) is 96.9 cm³/mol. The van der Waals surface area contributed by atoms with Crippen molar-refractivity contribution < 1.29 is 0 Å². The van der Waals surface area contributed by atoms with Crippen LogP contribution in [-0.2, 0) is 12.8 Å². The SMILES string of the molecule is Cc1cccc(-c2nnc(SCc3csc(C(C)C)n3)n2C)c1. The van der Waals surface area contributed by atoms with Gasteiger partial charge >= 0.3 is 0 Å². The maximum atomic E-state index is 4.67. The van der Waals surface area contributed by atoms with Crippen LogP contribution >= 0.6 is 23.1 Å². The molecule has 0 aliphatic rings. The lowest BCUT2D eigenvalue weighted by Crippen LogP contribution is -1.95. The number of aromatic nitrogens is 4. The van der Waals surface area contributed by atoms with E-state index >= 15 is 0 Å². The highest BCUT2D eigenvalue weighted by Crippen LogP contribution is 2.27. The first-order valence-electron chi connectivity index (χ1n) is 7.58. The molecule has 23 heavy (non-hydrogen) atoms. The number of hydrogen-bond acceptors (Lipinski definition) is 5. The van der Waals surface area contributed by atoms with Gasteiger partial charge in [0.25, 0.3) is 0 Å². The molecule has 6 heteroatoms. The number of hydrogen-bond donors (Lipinski definition) is 0. The van der Waals surface area contributed by atoms with Crippen LogP contribution in [-0.4, -0.2) is 19.7 Å². The zero-order valence-electron chi connectivity index (χ0n) is 13.8. The summed E-state index contributed by atoms with van der Waals surface area (Å²) in [6.07, 6.45) is 0. The molecule has 2 aromatic heterocycles. The molecule has 0 unspecified atom stereocenters. The van der Waals surface area contributed by atoms with Gasteiger partial charge in [-0.3, -0.25) is 0 Å². The zero-order valence-corrected chi connectivity index (χ0v) is 15.4. The Morgan fingerprint density at radius 3 is 2.78 bits per heavy atom. The fourth-order valence-electron chi connectivity index (χ4n) is 2.27. The minimum atomic E-state index is 0.488. The van der Waals surface area contributed by atoms with Gasteiger partial charge in [-0.2, -0.15) is 0 Å². The van der Waals surface area contributed by atoms with Gasteiger partial charge in [0, 0.05) is 29.7 Å². The van der Waals surface area contributed by atoms with Crippen molar-refractivity contribution in [1.29, 1.82) is 0 Å². The maximum absolute atomic E-state index is 4.67. The van der Waals surface area contributed by atoms with E-state index < -0.39 is 0 Å². The van der Waals surface area contributed by atoms with Gasteiger partial charge in [-0.1, -0.05) is 49.4 Å². The first-order valence-corrected chi connectivity index (χ1v) is 9.44. The summed E-state index contributed by atoms with van der Waals surface area (Å²) >= 11 is 3.41. The quantitative estimate of drug-likeness (QED) is 0.631.